The zero-order valence-electron chi connectivity index (χ0n) is 9.38. The Morgan fingerprint density at radius 2 is 2.19 bits per heavy atom. The molecule has 0 aliphatic carbocycles. The molecule has 2 heterocycles. The Labute approximate surface area is 102 Å². The number of hydrogen-bond acceptors (Lipinski definition) is 2. The van der Waals surface area contributed by atoms with Gasteiger partial charge in [0, 0.05) is 24.2 Å². The van der Waals surface area contributed by atoms with Crippen molar-refractivity contribution in [1.82, 2.24) is 10.2 Å². The third-order valence-electron chi connectivity index (χ3n) is 3.64. The van der Waals surface area contributed by atoms with Gasteiger partial charge in [-0.05, 0) is 49.2 Å². The number of halogens is 1. The molecule has 0 radical (unpaired) electrons. The van der Waals surface area contributed by atoms with E-state index in [2.05, 4.69) is 22.3 Å². The van der Waals surface area contributed by atoms with Crippen LogP contribution < -0.4 is 5.32 Å². The van der Waals surface area contributed by atoms with Gasteiger partial charge in [0.1, 0.15) is 0 Å². The predicted molar refractivity (Wildman–Crippen MR) is 66.8 cm³/mol. The molecule has 0 amide bonds. The van der Waals surface area contributed by atoms with Crippen LogP contribution in [0.5, 0.6) is 0 Å². The van der Waals surface area contributed by atoms with E-state index in [1.807, 2.05) is 6.07 Å². The van der Waals surface area contributed by atoms with Crippen molar-refractivity contribution in [2.75, 3.05) is 19.6 Å². The molecule has 2 nitrogen and oxygen atoms in total. The molecule has 0 bridgehead atoms. The van der Waals surface area contributed by atoms with Crippen molar-refractivity contribution in [2.45, 2.75) is 25.4 Å². The minimum Gasteiger partial charge on any atom is -0.308 e. The van der Waals surface area contributed by atoms with Gasteiger partial charge >= 0.3 is 0 Å². The van der Waals surface area contributed by atoms with Crippen LogP contribution in [0.1, 0.15) is 17.5 Å². The van der Waals surface area contributed by atoms with Gasteiger partial charge in [0.25, 0.3) is 0 Å². The highest BCUT2D eigenvalue weighted by Crippen LogP contribution is 2.22. The molecule has 1 unspecified atom stereocenters. The van der Waals surface area contributed by atoms with Gasteiger partial charge in [-0.15, -0.1) is 0 Å². The number of fused-ring (bicyclic) bond motifs is 1. The Morgan fingerprint density at radius 3 is 2.94 bits per heavy atom. The maximum atomic E-state index is 6.04. The van der Waals surface area contributed by atoms with E-state index in [9.17, 15) is 0 Å². The average molecular weight is 237 g/mol. The second-order valence-corrected chi connectivity index (χ2v) is 5.29. The summed E-state index contributed by atoms with van der Waals surface area (Å²) in [6, 6.07) is 6.86. The summed E-state index contributed by atoms with van der Waals surface area (Å²) in [5.74, 6) is 0. The van der Waals surface area contributed by atoms with Crippen LogP contribution in [0.2, 0.25) is 5.02 Å². The lowest BCUT2D eigenvalue weighted by Gasteiger charge is -2.36. The van der Waals surface area contributed by atoms with Crippen LogP contribution in [0.3, 0.4) is 0 Å². The van der Waals surface area contributed by atoms with Crippen LogP contribution in [-0.2, 0) is 13.0 Å². The van der Waals surface area contributed by atoms with Crippen molar-refractivity contribution >= 4 is 11.6 Å². The molecule has 86 valence electrons. The van der Waals surface area contributed by atoms with Gasteiger partial charge in [-0.1, -0.05) is 17.7 Å². The van der Waals surface area contributed by atoms with Gasteiger partial charge in [0.15, 0.2) is 0 Å². The lowest BCUT2D eigenvalue weighted by atomic mass is 9.95. The third-order valence-corrected chi connectivity index (χ3v) is 3.88. The molecule has 0 aromatic heterocycles. The maximum absolute atomic E-state index is 6.04. The summed E-state index contributed by atoms with van der Waals surface area (Å²) in [4.78, 5) is 2.52. The minimum atomic E-state index is 0.603. The summed E-state index contributed by atoms with van der Waals surface area (Å²) in [7, 11) is 0. The van der Waals surface area contributed by atoms with Gasteiger partial charge in [0.2, 0.25) is 0 Å². The lowest BCUT2D eigenvalue weighted by molar-refractivity contribution is 0.158. The normalized spacial score (nSPS) is 24.9. The van der Waals surface area contributed by atoms with E-state index in [-0.39, 0.29) is 0 Å². The minimum absolute atomic E-state index is 0.603. The van der Waals surface area contributed by atoms with Crippen molar-refractivity contribution in [3.05, 3.63) is 34.3 Å². The van der Waals surface area contributed by atoms with E-state index < -0.39 is 0 Å². The van der Waals surface area contributed by atoms with Crippen molar-refractivity contribution < 1.29 is 0 Å². The molecule has 3 rings (SSSR count). The van der Waals surface area contributed by atoms with Crippen LogP contribution in [0, 0.1) is 0 Å². The molecule has 0 spiro atoms. The molecule has 16 heavy (non-hydrogen) atoms. The summed E-state index contributed by atoms with van der Waals surface area (Å²) in [6.07, 6.45) is 2.49. The number of nitrogens with one attached hydrogen (secondary N) is 1. The van der Waals surface area contributed by atoms with Gasteiger partial charge in [-0.3, -0.25) is 0 Å². The highest BCUT2D eigenvalue weighted by atomic mass is 35.5. The first-order chi connectivity index (χ1) is 7.81. The Balaban J connectivity index is 1.69. The number of nitrogens with zero attached hydrogens (tertiary/aromatic N) is 1. The van der Waals surface area contributed by atoms with Crippen LogP contribution in [-0.4, -0.2) is 30.6 Å². The summed E-state index contributed by atoms with van der Waals surface area (Å²) in [6.45, 7) is 4.73. The van der Waals surface area contributed by atoms with E-state index in [0.29, 0.717) is 6.04 Å². The Kier molecular flexibility index (Phi) is 2.88. The second-order valence-electron chi connectivity index (χ2n) is 4.85. The van der Waals surface area contributed by atoms with Crippen LogP contribution in [0.15, 0.2) is 18.2 Å². The second kappa shape index (κ2) is 4.36. The Bertz CT molecular complexity index is 388. The van der Waals surface area contributed by atoms with E-state index in [4.69, 9.17) is 11.6 Å². The lowest BCUT2D eigenvalue weighted by Crippen LogP contribution is -2.49. The fourth-order valence-corrected chi connectivity index (χ4v) is 2.75. The molecule has 1 fully saturated rings. The monoisotopic (exact) mass is 236 g/mol. The molecule has 1 atom stereocenters. The fraction of sp³-hybridized carbons (Fsp3) is 0.538. The Hall–Kier alpha value is -0.570. The Morgan fingerprint density at radius 1 is 1.31 bits per heavy atom. The first kappa shape index (κ1) is 10.6. The van der Waals surface area contributed by atoms with Gasteiger partial charge in [-0.2, -0.15) is 0 Å². The van der Waals surface area contributed by atoms with Crippen LogP contribution in [0.25, 0.3) is 0 Å². The summed E-state index contributed by atoms with van der Waals surface area (Å²) in [5.41, 5.74) is 2.83. The molecule has 3 heteroatoms. The smallest absolute Gasteiger partial charge is 0.0408 e. The van der Waals surface area contributed by atoms with Gasteiger partial charge < -0.3 is 10.2 Å². The SMILES string of the molecule is Clc1ccc2c(c1)CC(CN1CCC1)NC2. The van der Waals surface area contributed by atoms with Gasteiger partial charge in [-0.25, -0.2) is 0 Å². The average Bonchev–Trinajstić information content (AvgIpc) is 2.23. The van der Waals surface area contributed by atoms with Crippen LogP contribution in [0.4, 0.5) is 0 Å². The fourth-order valence-electron chi connectivity index (χ4n) is 2.55. The van der Waals surface area contributed by atoms with Crippen molar-refractivity contribution in [3.63, 3.8) is 0 Å². The molecular formula is C13H17ClN2. The first-order valence-corrected chi connectivity index (χ1v) is 6.42. The topological polar surface area (TPSA) is 15.3 Å². The largest absolute Gasteiger partial charge is 0.308 e. The quantitative estimate of drug-likeness (QED) is 0.846. The van der Waals surface area contributed by atoms with E-state index >= 15 is 0 Å². The standard InChI is InChI=1S/C13H17ClN2/c14-12-3-2-10-8-15-13(7-11(10)6-12)9-16-4-1-5-16/h2-3,6,13,15H,1,4-5,7-9H2. The van der Waals surface area contributed by atoms with E-state index in [0.717, 1.165) is 18.0 Å². The zero-order chi connectivity index (χ0) is 11.0. The molecule has 1 N–H and O–H groups in total. The van der Waals surface area contributed by atoms with Crippen LogP contribution >= 0.6 is 11.6 Å². The number of benzene rings is 1. The van der Waals surface area contributed by atoms with Crippen molar-refractivity contribution in [1.29, 1.82) is 0 Å². The summed E-state index contributed by atoms with van der Waals surface area (Å²) < 4.78 is 0. The predicted octanol–water partition coefficient (Wildman–Crippen LogP) is 2.06. The van der Waals surface area contributed by atoms with Crippen molar-refractivity contribution in [3.8, 4) is 0 Å². The number of hydrogen-bond donors (Lipinski definition) is 1. The number of rotatable bonds is 2. The molecule has 1 aromatic carbocycles. The third kappa shape index (κ3) is 2.10. The molecule has 1 saturated heterocycles. The number of likely N-dealkylation sites (tertiary alicyclic amines) is 1. The van der Waals surface area contributed by atoms with Gasteiger partial charge in [0.05, 0.1) is 0 Å². The first-order valence-electron chi connectivity index (χ1n) is 6.04. The zero-order valence-corrected chi connectivity index (χ0v) is 10.1. The van der Waals surface area contributed by atoms with Crippen molar-refractivity contribution in [2.24, 2.45) is 0 Å². The summed E-state index contributed by atoms with van der Waals surface area (Å²) >= 11 is 6.04. The highest BCUT2D eigenvalue weighted by Gasteiger charge is 2.22. The molecule has 0 saturated carbocycles. The molecule has 1 aromatic rings. The molecule has 2 aliphatic heterocycles. The highest BCUT2D eigenvalue weighted by molar-refractivity contribution is 6.30. The molecule has 2 aliphatic rings. The van der Waals surface area contributed by atoms with E-state index in [1.165, 1.54) is 37.2 Å². The maximum Gasteiger partial charge on any atom is 0.0408 e. The summed E-state index contributed by atoms with van der Waals surface area (Å²) in [5, 5.41) is 4.47. The van der Waals surface area contributed by atoms with E-state index in [1.54, 1.807) is 0 Å². The molecular weight excluding hydrogens is 220 g/mol.